The fourth-order valence-electron chi connectivity index (χ4n) is 4.08. The summed E-state index contributed by atoms with van der Waals surface area (Å²) in [7, 11) is -3.55. The molecule has 1 aliphatic carbocycles. The van der Waals surface area contributed by atoms with Crippen LogP contribution in [-0.2, 0) is 10.0 Å². The summed E-state index contributed by atoms with van der Waals surface area (Å²) in [5.74, 6) is 0.0508. The second-order valence-electron chi connectivity index (χ2n) is 7.91. The molecule has 0 bridgehead atoms. The van der Waals surface area contributed by atoms with Gasteiger partial charge in [-0.1, -0.05) is 49.2 Å². The Hall–Kier alpha value is -2.70. The molecule has 156 valence electrons. The van der Waals surface area contributed by atoms with E-state index in [2.05, 4.69) is 16.1 Å². The van der Waals surface area contributed by atoms with Gasteiger partial charge < -0.3 is 5.32 Å². The van der Waals surface area contributed by atoms with Crippen LogP contribution >= 0.6 is 0 Å². The number of anilines is 1. The monoisotopic (exact) mass is 422 g/mol. The summed E-state index contributed by atoms with van der Waals surface area (Å²) in [6.45, 7) is 1.57. The van der Waals surface area contributed by atoms with Crippen LogP contribution in [0.2, 0.25) is 0 Å². The highest BCUT2D eigenvalue weighted by atomic mass is 32.2. The van der Waals surface area contributed by atoms with Crippen LogP contribution in [-0.4, -0.2) is 26.3 Å². The molecular formula is C24H26N2O3S. The fourth-order valence-corrected chi connectivity index (χ4v) is 5.41. The van der Waals surface area contributed by atoms with Gasteiger partial charge in [0.1, 0.15) is 0 Å². The summed E-state index contributed by atoms with van der Waals surface area (Å²) in [5.41, 5.74) is 1.65. The molecule has 0 heterocycles. The van der Waals surface area contributed by atoms with Crippen LogP contribution in [0.15, 0.2) is 71.6 Å². The van der Waals surface area contributed by atoms with Gasteiger partial charge in [-0.2, -0.15) is 0 Å². The minimum Gasteiger partial charge on any atom is -0.381 e. The molecule has 0 spiro atoms. The zero-order valence-electron chi connectivity index (χ0n) is 17.0. The molecule has 4 rings (SSSR count). The Bertz CT molecular complexity index is 1160. The SMILES string of the molecule is CC(=O)c1ccc2cc(N[C@H]3CCCCC3NS(=O)(=O)c3ccccc3)ccc2c1. The number of carbonyl (C=O) groups excluding carboxylic acids is 1. The van der Waals surface area contributed by atoms with Crippen molar-refractivity contribution in [2.75, 3.05) is 5.32 Å². The molecule has 0 saturated heterocycles. The van der Waals surface area contributed by atoms with Gasteiger partial charge in [0.25, 0.3) is 0 Å². The van der Waals surface area contributed by atoms with Crippen molar-refractivity contribution in [3.63, 3.8) is 0 Å². The first-order chi connectivity index (χ1) is 14.4. The van der Waals surface area contributed by atoms with Gasteiger partial charge in [-0.25, -0.2) is 13.1 Å². The van der Waals surface area contributed by atoms with Crippen LogP contribution in [0, 0.1) is 0 Å². The molecule has 2 N–H and O–H groups in total. The smallest absolute Gasteiger partial charge is 0.240 e. The number of Topliss-reactive ketones (excluding diaryl/α,β-unsaturated/α-hetero) is 1. The first-order valence-electron chi connectivity index (χ1n) is 10.3. The average molecular weight is 423 g/mol. The van der Waals surface area contributed by atoms with Crippen LogP contribution in [0.3, 0.4) is 0 Å². The van der Waals surface area contributed by atoms with Crippen molar-refractivity contribution in [2.45, 2.75) is 49.6 Å². The van der Waals surface area contributed by atoms with Crippen LogP contribution in [0.1, 0.15) is 43.0 Å². The average Bonchev–Trinajstić information content (AvgIpc) is 2.75. The molecule has 1 fully saturated rings. The van der Waals surface area contributed by atoms with E-state index in [4.69, 9.17) is 0 Å². The fraction of sp³-hybridized carbons (Fsp3) is 0.292. The van der Waals surface area contributed by atoms with E-state index in [1.807, 2.05) is 36.4 Å². The Labute approximate surface area is 177 Å². The second-order valence-corrected chi connectivity index (χ2v) is 9.62. The van der Waals surface area contributed by atoms with E-state index in [-0.39, 0.29) is 17.9 Å². The normalized spacial score (nSPS) is 19.5. The molecule has 1 aliphatic rings. The largest absolute Gasteiger partial charge is 0.381 e. The van der Waals surface area contributed by atoms with E-state index in [1.54, 1.807) is 31.2 Å². The van der Waals surface area contributed by atoms with E-state index in [1.165, 1.54) is 0 Å². The third kappa shape index (κ3) is 4.55. The Morgan fingerprint density at radius 1 is 0.867 bits per heavy atom. The number of sulfonamides is 1. The van der Waals surface area contributed by atoms with Gasteiger partial charge >= 0.3 is 0 Å². The minimum atomic E-state index is -3.55. The molecule has 1 unspecified atom stereocenters. The van der Waals surface area contributed by atoms with Crippen molar-refractivity contribution in [1.29, 1.82) is 0 Å². The topological polar surface area (TPSA) is 75.3 Å². The lowest BCUT2D eigenvalue weighted by molar-refractivity contribution is 0.101. The molecule has 0 radical (unpaired) electrons. The lowest BCUT2D eigenvalue weighted by atomic mass is 9.90. The first-order valence-corrected chi connectivity index (χ1v) is 11.8. The van der Waals surface area contributed by atoms with Crippen molar-refractivity contribution in [3.8, 4) is 0 Å². The summed E-state index contributed by atoms with van der Waals surface area (Å²) in [6, 6.07) is 20.1. The Morgan fingerprint density at radius 3 is 2.27 bits per heavy atom. The van der Waals surface area contributed by atoms with Gasteiger partial charge in [0, 0.05) is 23.3 Å². The number of hydrogen-bond donors (Lipinski definition) is 2. The predicted octanol–water partition coefficient (Wildman–Crippen LogP) is 4.74. The highest BCUT2D eigenvalue weighted by Crippen LogP contribution is 2.26. The number of nitrogens with one attached hydrogen (secondary N) is 2. The molecule has 6 heteroatoms. The third-order valence-electron chi connectivity index (χ3n) is 5.72. The summed E-state index contributed by atoms with van der Waals surface area (Å²) in [6.07, 6.45) is 3.78. The Balaban J connectivity index is 1.53. The summed E-state index contributed by atoms with van der Waals surface area (Å²) in [5, 5.41) is 5.60. The van der Waals surface area contributed by atoms with Crippen LogP contribution < -0.4 is 10.0 Å². The number of hydrogen-bond acceptors (Lipinski definition) is 4. The van der Waals surface area contributed by atoms with Gasteiger partial charge in [0.05, 0.1) is 4.90 Å². The van der Waals surface area contributed by atoms with Gasteiger partial charge in [-0.05, 0) is 60.9 Å². The molecule has 0 amide bonds. The zero-order chi connectivity index (χ0) is 21.1. The lowest BCUT2D eigenvalue weighted by Crippen LogP contribution is -2.48. The highest BCUT2D eigenvalue weighted by molar-refractivity contribution is 7.89. The Morgan fingerprint density at radius 2 is 1.53 bits per heavy atom. The summed E-state index contributed by atoms with van der Waals surface area (Å²) >= 11 is 0. The third-order valence-corrected chi connectivity index (χ3v) is 7.23. The maximum absolute atomic E-state index is 12.8. The molecule has 1 saturated carbocycles. The van der Waals surface area contributed by atoms with Crippen LogP contribution in [0.5, 0.6) is 0 Å². The highest BCUT2D eigenvalue weighted by Gasteiger charge is 2.29. The predicted molar refractivity (Wildman–Crippen MR) is 120 cm³/mol. The second kappa shape index (κ2) is 8.58. The van der Waals surface area contributed by atoms with Gasteiger partial charge in [0.15, 0.2) is 5.78 Å². The number of rotatable bonds is 6. The number of fused-ring (bicyclic) bond motifs is 1. The zero-order valence-corrected chi connectivity index (χ0v) is 17.8. The molecule has 2 atom stereocenters. The van der Waals surface area contributed by atoms with E-state index in [9.17, 15) is 13.2 Å². The molecule has 30 heavy (non-hydrogen) atoms. The molecule has 3 aromatic rings. The van der Waals surface area contributed by atoms with Crippen molar-refractivity contribution >= 4 is 32.3 Å². The van der Waals surface area contributed by atoms with Gasteiger partial charge in [0.2, 0.25) is 10.0 Å². The summed E-state index contributed by atoms with van der Waals surface area (Å²) < 4.78 is 28.5. The molecule has 3 aromatic carbocycles. The van der Waals surface area contributed by atoms with Gasteiger partial charge in [-0.15, -0.1) is 0 Å². The van der Waals surface area contributed by atoms with E-state index in [0.29, 0.717) is 10.5 Å². The Kier molecular flexibility index (Phi) is 5.88. The van der Waals surface area contributed by atoms with Crippen molar-refractivity contribution < 1.29 is 13.2 Å². The van der Waals surface area contributed by atoms with Crippen LogP contribution in [0.4, 0.5) is 5.69 Å². The maximum Gasteiger partial charge on any atom is 0.240 e. The maximum atomic E-state index is 12.8. The van der Waals surface area contributed by atoms with E-state index in [0.717, 1.165) is 42.1 Å². The number of carbonyl (C=O) groups is 1. The molecule has 0 aliphatic heterocycles. The van der Waals surface area contributed by atoms with E-state index < -0.39 is 10.0 Å². The first kappa shape index (κ1) is 20.6. The van der Waals surface area contributed by atoms with Crippen molar-refractivity contribution in [2.24, 2.45) is 0 Å². The van der Waals surface area contributed by atoms with E-state index >= 15 is 0 Å². The minimum absolute atomic E-state index is 0.0196. The number of benzene rings is 3. The molecule has 5 nitrogen and oxygen atoms in total. The van der Waals surface area contributed by atoms with Crippen molar-refractivity contribution in [1.82, 2.24) is 4.72 Å². The van der Waals surface area contributed by atoms with Gasteiger partial charge in [-0.3, -0.25) is 4.79 Å². The quantitative estimate of drug-likeness (QED) is 0.563. The number of ketones is 1. The lowest BCUT2D eigenvalue weighted by Gasteiger charge is -2.33. The standard InChI is InChI=1S/C24H26N2O3S/c1-17(27)18-11-12-20-16-21(14-13-19(20)15-18)25-23-9-5-6-10-24(23)26-30(28,29)22-7-3-2-4-8-22/h2-4,7-8,11-16,23-26H,5-6,9-10H2,1H3/t23-,24?/m0/s1. The molecular weight excluding hydrogens is 396 g/mol. The molecule has 0 aromatic heterocycles. The van der Waals surface area contributed by atoms with Crippen LogP contribution in [0.25, 0.3) is 10.8 Å². The summed E-state index contributed by atoms with van der Waals surface area (Å²) in [4.78, 5) is 11.9. The van der Waals surface area contributed by atoms with Crippen molar-refractivity contribution in [3.05, 3.63) is 72.3 Å².